The zero-order chi connectivity index (χ0) is 22.4. The van der Waals surface area contributed by atoms with E-state index in [1.165, 1.54) is 43.5 Å². The Balaban J connectivity index is 0.000000254. The molecule has 0 spiro atoms. The van der Waals surface area contributed by atoms with Crippen LogP contribution in [0.1, 0.15) is 56.3 Å². The summed E-state index contributed by atoms with van der Waals surface area (Å²) in [5.74, 6) is -3.33. The van der Waals surface area contributed by atoms with Crippen LogP contribution in [0, 0.1) is 0 Å². The number of likely N-dealkylation sites (tertiary alicyclic amines) is 1. The van der Waals surface area contributed by atoms with Crippen molar-refractivity contribution in [3.05, 3.63) is 42.0 Å². The van der Waals surface area contributed by atoms with Gasteiger partial charge in [0.25, 0.3) is 5.92 Å². The predicted molar refractivity (Wildman–Crippen MR) is 118 cm³/mol. The zero-order valence-corrected chi connectivity index (χ0v) is 18.3. The largest absolute Gasteiger partial charge is 0.478 e. The molecular formula is C24H32F2N2O3. The Morgan fingerprint density at radius 2 is 1.68 bits per heavy atom. The van der Waals surface area contributed by atoms with Gasteiger partial charge in [-0.2, -0.15) is 0 Å². The first-order chi connectivity index (χ1) is 14.7. The third-order valence-electron chi connectivity index (χ3n) is 5.87. The van der Waals surface area contributed by atoms with Crippen LogP contribution in [0.4, 0.5) is 8.78 Å². The van der Waals surface area contributed by atoms with Gasteiger partial charge in [-0.3, -0.25) is 0 Å². The van der Waals surface area contributed by atoms with Crippen LogP contribution in [-0.2, 0) is 0 Å². The molecule has 2 aliphatic rings. The van der Waals surface area contributed by atoms with Gasteiger partial charge in [0.15, 0.2) is 5.75 Å². The summed E-state index contributed by atoms with van der Waals surface area (Å²) >= 11 is 0. The molecule has 7 heteroatoms. The van der Waals surface area contributed by atoms with Crippen molar-refractivity contribution in [1.29, 1.82) is 0 Å². The van der Waals surface area contributed by atoms with E-state index in [-0.39, 0.29) is 31.5 Å². The minimum atomic E-state index is -2.65. The van der Waals surface area contributed by atoms with E-state index in [2.05, 4.69) is 18.7 Å². The van der Waals surface area contributed by atoms with Crippen molar-refractivity contribution in [2.45, 2.75) is 57.9 Å². The van der Waals surface area contributed by atoms with Crippen molar-refractivity contribution in [2.24, 2.45) is 0 Å². The normalized spacial score (nSPS) is 19.6. The lowest BCUT2D eigenvalue weighted by molar-refractivity contribution is -0.139. The molecule has 31 heavy (non-hydrogen) atoms. The standard InChI is InChI=1S/C16H15F2NO3.C8H17N/c17-16(18)5-7-19(8-6-16)22-14-10-12(15(20)21)9-11-3-1-2-4-13(11)14;1-8(2)9-6-4-3-5-7-9/h1-4,9-10H,5-8H2,(H,20,21);8H,3-7H2,1-2H3. The fourth-order valence-electron chi connectivity index (χ4n) is 3.95. The number of hydrogen-bond donors (Lipinski definition) is 1. The number of alkyl halides is 2. The Morgan fingerprint density at radius 3 is 2.26 bits per heavy atom. The molecule has 0 bridgehead atoms. The highest BCUT2D eigenvalue weighted by atomic mass is 19.3. The number of carbonyl (C=O) groups is 1. The van der Waals surface area contributed by atoms with Crippen LogP contribution in [0.25, 0.3) is 10.8 Å². The van der Waals surface area contributed by atoms with Gasteiger partial charge in [-0.25, -0.2) is 13.6 Å². The van der Waals surface area contributed by atoms with Gasteiger partial charge in [0, 0.05) is 37.4 Å². The number of hydroxylamine groups is 2. The third kappa shape index (κ3) is 6.61. The minimum absolute atomic E-state index is 0.107. The Hall–Kier alpha value is -2.25. The number of halogens is 2. The van der Waals surface area contributed by atoms with Crippen molar-refractivity contribution in [1.82, 2.24) is 9.96 Å². The van der Waals surface area contributed by atoms with Crippen LogP contribution in [0.3, 0.4) is 0 Å². The Labute approximate surface area is 182 Å². The average Bonchev–Trinajstić information content (AvgIpc) is 2.76. The summed E-state index contributed by atoms with van der Waals surface area (Å²) in [7, 11) is 0. The Morgan fingerprint density at radius 1 is 1.03 bits per heavy atom. The number of carboxylic acid groups (broad SMARTS) is 1. The number of carboxylic acids is 1. The molecule has 0 saturated carbocycles. The highest BCUT2D eigenvalue weighted by Gasteiger charge is 2.35. The number of benzene rings is 2. The molecule has 2 aromatic carbocycles. The van der Waals surface area contributed by atoms with Crippen LogP contribution in [0.2, 0.25) is 0 Å². The van der Waals surface area contributed by atoms with Crippen LogP contribution in [0.5, 0.6) is 5.75 Å². The average molecular weight is 435 g/mol. The molecule has 2 fully saturated rings. The second-order valence-corrected chi connectivity index (χ2v) is 8.57. The third-order valence-corrected chi connectivity index (χ3v) is 5.87. The topological polar surface area (TPSA) is 53.0 Å². The Bertz CT molecular complexity index is 872. The van der Waals surface area contributed by atoms with E-state index in [9.17, 15) is 18.7 Å². The maximum Gasteiger partial charge on any atom is 0.335 e. The summed E-state index contributed by atoms with van der Waals surface area (Å²) in [4.78, 5) is 19.5. The number of rotatable bonds is 4. The van der Waals surface area contributed by atoms with Crippen molar-refractivity contribution >= 4 is 16.7 Å². The molecule has 0 radical (unpaired) electrons. The summed E-state index contributed by atoms with van der Waals surface area (Å²) in [6.07, 6.45) is 3.76. The SMILES string of the molecule is CC(C)N1CCCCC1.O=C(O)c1cc(ON2CCC(F)(F)CC2)c2ccccc2c1. The molecule has 170 valence electrons. The monoisotopic (exact) mass is 434 g/mol. The van der Waals surface area contributed by atoms with E-state index in [1.807, 2.05) is 12.1 Å². The molecule has 2 aliphatic heterocycles. The van der Waals surface area contributed by atoms with Crippen LogP contribution >= 0.6 is 0 Å². The van der Waals surface area contributed by atoms with Crippen molar-refractivity contribution < 1.29 is 23.5 Å². The first-order valence-corrected chi connectivity index (χ1v) is 11.1. The molecule has 5 nitrogen and oxygen atoms in total. The molecule has 0 aromatic heterocycles. The summed E-state index contributed by atoms with van der Waals surface area (Å²) in [6, 6.07) is 11.0. The van der Waals surface area contributed by atoms with E-state index in [4.69, 9.17) is 4.84 Å². The van der Waals surface area contributed by atoms with E-state index >= 15 is 0 Å². The quantitative estimate of drug-likeness (QED) is 0.694. The number of fused-ring (bicyclic) bond motifs is 1. The van der Waals surface area contributed by atoms with Crippen molar-refractivity contribution in [3.63, 3.8) is 0 Å². The maximum absolute atomic E-state index is 13.2. The first-order valence-electron chi connectivity index (χ1n) is 11.1. The van der Waals surface area contributed by atoms with Crippen LogP contribution < -0.4 is 4.84 Å². The molecule has 4 rings (SSSR count). The smallest absolute Gasteiger partial charge is 0.335 e. The lowest BCUT2D eigenvalue weighted by Crippen LogP contribution is -2.41. The maximum atomic E-state index is 13.2. The molecular weight excluding hydrogens is 402 g/mol. The van der Waals surface area contributed by atoms with E-state index < -0.39 is 11.9 Å². The van der Waals surface area contributed by atoms with Crippen molar-refractivity contribution in [2.75, 3.05) is 26.2 Å². The second kappa shape index (κ2) is 10.4. The van der Waals surface area contributed by atoms with Gasteiger partial charge in [0.2, 0.25) is 0 Å². The lowest BCUT2D eigenvalue weighted by atomic mass is 10.1. The van der Waals surface area contributed by atoms with Gasteiger partial charge in [0.05, 0.1) is 5.56 Å². The summed E-state index contributed by atoms with van der Waals surface area (Å²) in [6.45, 7) is 7.45. The lowest BCUT2D eigenvalue weighted by Gasteiger charge is -2.31. The number of hydrogen-bond acceptors (Lipinski definition) is 4. The number of piperidine rings is 2. The molecule has 2 aromatic rings. The predicted octanol–water partition coefficient (Wildman–Crippen LogP) is 5.44. The molecule has 0 atom stereocenters. The van der Waals surface area contributed by atoms with Gasteiger partial charge in [-0.05, 0) is 57.3 Å². The fourth-order valence-corrected chi connectivity index (χ4v) is 3.95. The van der Waals surface area contributed by atoms with Gasteiger partial charge in [0.1, 0.15) is 0 Å². The molecule has 1 N–H and O–H groups in total. The van der Waals surface area contributed by atoms with E-state index in [1.54, 1.807) is 18.2 Å². The van der Waals surface area contributed by atoms with Crippen LogP contribution in [-0.4, -0.2) is 59.2 Å². The molecule has 0 amide bonds. The van der Waals surface area contributed by atoms with Crippen LogP contribution in [0.15, 0.2) is 36.4 Å². The zero-order valence-electron chi connectivity index (χ0n) is 18.3. The number of aromatic carboxylic acids is 1. The highest BCUT2D eigenvalue weighted by molar-refractivity contribution is 5.97. The summed E-state index contributed by atoms with van der Waals surface area (Å²) in [5.41, 5.74) is 0.107. The second-order valence-electron chi connectivity index (χ2n) is 8.57. The molecule has 2 heterocycles. The van der Waals surface area contributed by atoms with Gasteiger partial charge < -0.3 is 14.8 Å². The van der Waals surface area contributed by atoms with Gasteiger partial charge >= 0.3 is 5.97 Å². The first kappa shape index (κ1) is 23.4. The Kier molecular flexibility index (Phi) is 7.84. The number of nitrogens with zero attached hydrogens (tertiary/aromatic N) is 2. The van der Waals surface area contributed by atoms with E-state index in [0.29, 0.717) is 5.75 Å². The van der Waals surface area contributed by atoms with Gasteiger partial charge in [-0.15, -0.1) is 5.06 Å². The molecule has 0 aliphatic carbocycles. The van der Waals surface area contributed by atoms with Gasteiger partial charge in [-0.1, -0.05) is 30.7 Å². The molecule has 2 saturated heterocycles. The fraction of sp³-hybridized carbons (Fsp3) is 0.542. The summed E-state index contributed by atoms with van der Waals surface area (Å²) in [5, 5.41) is 12.1. The minimum Gasteiger partial charge on any atom is -0.478 e. The molecule has 0 unspecified atom stereocenters. The van der Waals surface area contributed by atoms with Crippen molar-refractivity contribution in [3.8, 4) is 5.75 Å². The summed E-state index contributed by atoms with van der Waals surface area (Å²) < 4.78 is 26.4. The van der Waals surface area contributed by atoms with E-state index in [0.717, 1.165) is 16.8 Å². The highest BCUT2D eigenvalue weighted by Crippen LogP contribution is 2.32.